The van der Waals surface area contributed by atoms with Gasteiger partial charge in [-0.15, -0.1) is 10.2 Å². The van der Waals surface area contributed by atoms with E-state index in [9.17, 15) is 4.79 Å². The first-order valence-corrected chi connectivity index (χ1v) is 10.1. The Hall–Kier alpha value is -2.28. The molecule has 2 fully saturated rings. The number of carbonyl (C=O) groups excluding carboxylic acids is 1. The van der Waals surface area contributed by atoms with Crippen molar-refractivity contribution in [2.45, 2.75) is 57.0 Å². The third-order valence-electron chi connectivity index (χ3n) is 5.72. The van der Waals surface area contributed by atoms with Crippen LogP contribution in [-0.2, 0) is 4.79 Å². The van der Waals surface area contributed by atoms with E-state index in [1.54, 1.807) is 4.80 Å². The summed E-state index contributed by atoms with van der Waals surface area (Å²) in [5.74, 6) is 1.37. The number of piperidine rings is 1. The molecule has 1 atom stereocenters. The highest BCUT2D eigenvalue weighted by Gasteiger charge is 2.26. The second-order valence-electron chi connectivity index (χ2n) is 7.79. The summed E-state index contributed by atoms with van der Waals surface area (Å²) in [5.41, 5.74) is 0.988. The van der Waals surface area contributed by atoms with Gasteiger partial charge in [-0.25, -0.2) is 0 Å². The van der Waals surface area contributed by atoms with Gasteiger partial charge in [-0.05, 0) is 62.7 Å². The van der Waals surface area contributed by atoms with Gasteiger partial charge >= 0.3 is 0 Å². The van der Waals surface area contributed by atoms with E-state index in [0.717, 1.165) is 50.8 Å². The molecule has 1 unspecified atom stereocenters. The Kier molecular flexibility index (Phi) is 5.77. The van der Waals surface area contributed by atoms with Gasteiger partial charge in [0.15, 0.2) is 0 Å². The summed E-state index contributed by atoms with van der Waals surface area (Å²) in [6.45, 7) is 2.06. The largest absolute Gasteiger partial charge is 0.353 e. The van der Waals surface area contributed by atoms with Gasteiger partial charge in [-0.2, -0.15) is 4.80 Å². The number of hydrogen-bond acceptors (Lipinski definition) is 5. The van der Waals surface area contributed by atoms with Crippen LogP contribution in [0.25, 0.3) is 11.4 Å². The van der Waals surface area contributed by atoms with Gasteiger partial charge < -0.3 is 10.6 Å². The molecule has 7 heteroatoms. The molecule has 2 heterocycles. The van der Waals surface area contributed by atoms with E-state index < -0.39 is 0 Å². The molecule has 0 spiro atoms. The van der Waals surface area contributed by atoms with Gasteiger partial charge in [0.25, 0.3) is 0 Å². The van der Waals surface area contributed by atoms with Gasteiger partial charge in [0.2, 0.25) is 11.7 Å². The van der Waals surface area contributed by atoms with Crippen molar-refractivity contribution in [1.29, 1.82) is 0 Å². The van der Waals surface area contributed by atoms with Crippen LogP contribution in [0.4, 0.5) is 0 Å². The van der Waals surface area contributed by atoms with Crippen LogP contribution in [0.2, 0.25) is 0 Å². The fourth-order valence-electron chi connectivity index (χ4n) is 4.18. The van der Waals surface area contributed by atoms with E-state index in [-0.39, 0.29) is 18.0 Å². The van der Waals surface area contributed by atoms with E-state index >= 15 is 0 Å². The summed E-state index contributed by atoms with van der Waals surface area (Å²) in [7, 11) is 0. The van der Waals surface area contributed by atoms with E-state index in [1.807, 2.05) is 30.3 Å². The van der Waals surface area contributed by atoms with Crippen LogP contribution < -0.4 is 10.6 Å². The number of aromatic nitrogens is 4. The molecular weight excluding hydrogens is 340 g/mol. The third-order valence-corrected chi connectivity index (χ3v) is 5.72. The van der Waals surface area contributed by atoms with Crippen molar-refractivity contribution in [2.75, 3.05) is 13.1 Å². The minimum absolute atomic E-state index is 0.206. The zero-order valence-corrected chi connectivity index (χ0v) is 15.7. The summed E-state index contributed by atoms with van der Waals surface area (Å²) in [5, 5.41) is 19.6. The molecule has 0 radical (unpaired) electrons. The number of carbonyl (C=O) groups is 1. The Bertz CT molecular complexity index is 732. The first kappa shape index (κ1) is 18.1. The lowest BCUT2D eigenvalue weighted by atomic mass is 9.90. The van der Waals surface area contributed by atoms with Crippen LogP contribution in [0.5, 0.6) is 0 Å². The van der Waals surface area contributed by atoms with Gasteiger partial charge in [0, 0.05) is 18.0 Å². The van der Waals surface area contributed by atoms with E-state index in [0.29, 0.717) is 18.2 Å². The molecule has 1 amide bonds. The maximum absolute atomic E-state index is 12.3. The number of benzene rings is 1. The Morgan fingerprint density at radius 2 is 1.96 bits per heavy atom. The smallest absolute Gasteiger partial charge is 0.220 e. The van der Waals surface area contributed by atoms with Crippen LogP contribution in [0.15, 0.2) is 30.3 Å². The van der Waals surface area contributed by atoms with Crippen LogP contribution in [0.3, 0.4) is 0 Å². The van der Waals surface area contributed by atoms with Crippen molar-refractivity contribution in [2.24, 2.45) is 5.92 Å². The average Bonchev–Trinajstić information content (AvgIpc) is 3.20. The summed E-state index contributed by atoms with van der Waals surface area (Å²) in [6, 6.07) is 10.5. The summed E-state index contributed by atoms with van der Waals surface area (Å²) >= 11 is 0. The molecule has 4 rings (SSSR count). The highest BCUT2D eigenvalue weighted by atomic mass is 16.1. The molecule has 0 bridgehead atoms. The van der Waals surface area contributed by atoms with Crippen LogP contribution in [-0.4, -0.2) is 45.2 Å². The van der Waals surface area contributed by atoms with E-state index in [4.69, 9.17) is 0 Å². The number of tetrazole rings is 1. The van der Waals surface area contributed by atoms with Gasteiger partial charge in [0.05, 0.1) is 6.04 Å². The van der Waals surface area contributed by atoms with Crippen molar-refractivity contribution in [3.05, 3.63) is 30.3 Å². The second kappa shape index (κ2) is 8.61. The summed E-state index contributed by atoms with van der Waals surface area (Å²) in [4.78, 5) is 14.1. The molecule has 1 aliphatic carbocycles. The molecule has 1 saturated heterocycles. The number of hydrogen-bond donors (Lipinski definition) is 2. The maximum atomic E-state index is 12.3. The lowest BCUT2D eigenvalue weighted by molar-refractivity contribution is -0.123. The van der Waals surface area contributed by atoms with Crippen molar-refractivity contribution < 1.29 is 4.79 Å². The van der Waals surface area contributed by atoms with Crippen molar-refractivity contribution in [3.63, 3.8) is 0 Å². The highest BCUT2D eigenvalue weighted by molar-refractivity contribution is 5.76. The zero-order valence-electron chi connectivity index (χ0n) is 15.7. The average molecular weight is 368 g/mol. The standard InChI is InChI=1S/C20H28N6O/c27-19(13-15-5-4-12-21-14-15)22-17-8-10-18(11-9-17)26-24-20(23-25-26)16-6-2-1-3-7-16/h1-3,6-7,15,17-18,21H,4-5,8-14H2,(H,22,27). The van der Waals surface area contributed by atoms with Gasteiger partial charge in [-0.3, -0.25) is 4.79 Å². The summed E-state index contributed by atoms with van der Waals surface area (Å²) in [6.07, 6.45) is 6.88. The predicted molar refractivity (Wildman–Crippen MR) is 103 cm³/mol. The Morgan fingerprint density at radius 1 is 1.15 bits per heavy atom. The topological polar surface area (TPSA) is 84.7 Å². The summed E-state index contributed by atoms with van der Waals surface area (Å²) < 4.78 is 0. The van der Waals surface area contributed by atoms with E-state index in [1.165, 1.54) is 6.42 Å². The lowest BCUT2D eigenvalue weighted by Gasteiger charge is -2.29. The van der Waals surface area contributed by atoms with Crippen LogP contribution in [0, 0.1) is 5.92 Å². The minimum Gasteiger partial charge on any atom is -0.353 e. The fraction of sp³-hybridized carbons (Fsp3) is 0.600. The molecule has 1 aromatic heterocycles. The molecule has 2 N–H and O–H groups in total. The zero-order chi connectivity index (χ0) is 18.5. The molecule has 1 saturated carbocycles. The Morgan fingerprint density at radius 3 is 2.70 bits per heavy atom. The fourth-order valence-corrected chi connectivity index (χ4v) is 4.18. The molecule has 2 aromatic rings. The first-order chi connectivity index (χ1) is 13.3. The molecular formula is C20H28N6O. The maximum Gasteiger partial charge on any atom is 0.220 e. The lowest BCUT2D eigenvalue weighted by Crippen LogP contribution is -2.40. The van der Waals surface area contributed by atoms with Gasteiger partial charge in [-0.1, -0.05) is 30.3 Å². The second-order valence-corrected chi connectivity index (χ2v) is 7.79. The van der Waals surface area contributed by atoms with Gasteiger partial charge in [0.1, 0.15) is 0 Å². The SMILES string of the molecule is O=C(CC1CCCNC1)NC1CCC(n2nnc(-c3ccccc3)n2)CC1. The highest BCUT2D eigenvalue weighted by Crippen LogP contribution is 2.28. The molecule has 27 heavy (non-hydrogen) atoms. The molecule has 144 valence electrons. The monoisotopic (exact) mass is 368 g/mol. The van der Waals surface area contributed by atoms with E-state index in [2.05, 4.69) is 26.0 Å². The number of amides is 1. The first-order valence-electron chi connectivity index (χ1n) is 10.1. The van der Waals surface area contributed by atoms with Crippen molar-refractivity contribution >= 4 is 5.91 Å². The Labute approximate surface area is 159 Å². The molecule has 2 aliphatic rings. The predicted octanol–water partition coefficient (Wildman–Crippen LogP) is 2.33. The van der Waals surface area contributed by atoms with Crippen LogP contribution in [0.1, 0.15) is 51.0 Å². The minimum atomic E-state index is 0.206. The quantitative estimate of drug-likeness (QED) is 0.846. The molecule has 1 aliphatic heterocycles. The Balaban J connectivity index is 1.25. The molecule has 7 nitrogen and oxygen atoms in total. The van der Waals surface area contributed by atoms with Crippen LogP contribution >= 0.6 is 0 Å². The number of nitrogens with zero attached hydrogens (tertiary/aromatic N) is 4. The van der Waals surface area contributed by atoms with Crippen molar-refractivity contribution in [1.82, 2.24) is 30.8 Å². The normalized spacial score (nSPS) is 25.9. The third kappa shape index (κ3) is 4.71. The van der Waals surface area contributed by atoms with Crippen molar-refractivity contribution in [3.8, 4) is 11.4 Å². The molecule has 1 aromatic carbocycles. The number of rotatable bonds is 5. The number of nitrogens with one attached hydrogen (secondary N) is 2.